The number of fused-ring (bicyclic) bond motifs is 4. The predicted molar refractivity (Wildman–Crippen MR) is 146 cm³/mol. The van der Waals surface area contributed by atoms with E-state index in [2.05, 4.69) is 20.7 Å². The van der Waals surface area contributed by atoms with E-state index in [-0.39, 0.29) is 28.8 Å². The van der Waals surface area contributed by atoms with Crippen LogP contribution in [0.3, 0.4) is 0 Å². The molecule has 2 aliphatic heterocycles. The molecule has 10 nitrogen and oxygen atoms in total. The lowest BCUT2D eigenvalue weighted by Gasteiger charge is -2.49. The number of amides is 2. The summed E-state index contributed by atoms with van der Waals surface area (Å²) in [6.45, 7) is -0.192. The highest BCUT2D eigenvalue weighted by Crippen LogP contribution is 2.64. The van der Waals surface area contributed by atoms with Crippen molar-refractivity contribution in [3.8, 4) is 17.2 Å². The van der Waals surface area contributed by atoms with Gasteiger partial charge < -0.3 is 9.84 Å². The van der Waals surface area contributed by atoms with E-state index in [0.717, 1.165) is 37.0 Å². The Morgan fingerprint density at radius 2 is 1.71 bits per heavy atom. The number of carbonyl (C=O) groups excluding carboxylic acids is 2. The van der Waals surface area contributed by atoms with Gasteiger partial charge in [-0.05, 0) is 35.9 Å². The Hall–Kier alpha value is -3.49. The maximum Gasteiger partial charge on any atom is 0.573 e. The Balaban J connectivity index is 1.61. The first kappa shape index (κ1) is 28.6. The number of hydrogen-bond acceptors (Lipinski definition) is 6. The van der Waals surface area contributed by atoms with E-state index in [0.29, 0.717) is 0 Å². The summed E-state index contributed by atoms with van der Waals surface area (Å²) < 4.78 is 46.5. The Bertz CT molecular complexity index is 1810. The molecule has 0 radical (unpaired) electrons. The quantitative estimate of drug-likeness (QED) is 0.193. The lowest BCUT2D eigenvalue weighted by atomic mass is 9.64. The van der Waals surface area contributed by atoms with Gasteiger partial charge in [-0.15, -0.1) is 36.4 Å². The van der Waals surface area contributed by atoms with Crippen molar-refractivity contribution in [1.82, 2.24) is 18.8 Å². The molecular weight excluding hydrogens is 672 g/mol. The molecule has 1 saturated carbocycles. The summed E-state index contributed by atoms with van der Waals surface area (Å²) in [6, 6.07) is 9.57. The molecule has 3 heterocycles. The molecule has 2 aromatic carbocycles. The fourth-order valence-electron chi connectivity index (χ4n) is 6.12. The van der Waals surface area contributed by atoms with Crippen LogP contribution in [0.1, 0.15) is 23.9 Å². The molecule has 16 heteroatoms. The largest absolute Gasteiger partial charge is 0.573 e. The number of likely N-dealkylation sites (tertiary alicyclic amines) is 1. The number of phenols is 1. The zero-order valence-corrected chi connectivity index (χ0v) is 24.1. The van der Waals surface area contributed by atoms with E-state index in [1.165, 1.54) is 6.08 Å². The van der Waals surface area contributed by atoms with Gasteiger partial charge >= 0.3 is 17.7 Å². The second-order valence-electron chi connectivity index (χ2n) is 9.96. The van der Waals surface area contributed by atoms with Crippen molar-refractivity contribution in [2.45, 2.75) is 41.0 Å². The van der Waals surface area contributed by atoms with Gasteiger partial charge in [-0.3, -0.25) is 14.5 Å². The van der Waals surface area contributed by atoms with Crippen LogP contribution in [0.25, 0.3) is 5.69 Å². The molecule has 1 N–H and O–H groups in total. The third-order valence-corrected chi connectivity index (χ3v) is 9.75. The fraction of sp³-hybridized carbons (Fsp3) is 0.308. The van der Waals surface area contributed by atoms with Crippen LogP contribution in [0.15, 0.2) is 69.8 Å². The van der Waals surface area contributed by atoms with Gasteiger partial charge in [-0.25, -0.2) is 23.5 Å². The molecule has 2 amide bonds. The molecule has 42 heavy (non-hydrogen) atoms. The number of aromatic nitrogens is 3. The average molecular weight is 690 g/mol. The summed E-state index contributed by atoms with van der Waals surface area (Å²) in [5, 5.41) is 10.9. The summed E-state index contributed by atoms with van der Waals surface area (Å²) in [4.78, 5) is 50.7. The van der Waals surface area contributed by atoms with Gasteiger partial charge in [0.05, 0.1) is 23.7 Å². The second kappa shape index (κ2) is 9.51. The molecule has 6 rings (SSSR count). The molecule has 3 aromatic rings. The van der Waals surface area contributed by atoms with Crippen molar-refractivity contribution in [3.05, 3.63) is 86.7 Å². The number of phenolic OH excluding ortho intramolecular Hbond substituents is 1. The molecule has 2 fully saturated rings. The Morgan fingerprint density at radius 3 is 2.36 bits per heavy atom. The van der Waals surface area contributed by atoms with E-state index in [9.17, 15) is 37.5 Å². The molecule has 1 aliphatic carbocycles. The molecule has 1 saturated heterocycles. The van der Waals surface area contributed by atoms with Crippen LogP contribution in [0, 0.1) is 0 Å². The van der Waals surface area contributed by atoms with E-state index in [1.807, 2.05) is 0 Å². The van der Waals surface area contributed by atoms with Gasteiger partial charge in [0, 0.05) is 17.9 Å². The first-order valence-corrected chi connectivity index (χ1v) is 14.2. The van der Waals surface area contributed by atoms with Crippen molar-refractivity contribution in [3.63, 3.8) is 0 Å². The van der Waals surface area contributed by atoms with Crippen molar-refractivity contribution in [2.75, 3.05) is 5.45 Å². The summed E-state index contributed by atoms with van der Waals surface area (Å²) >= 11 is 17.1. The van der Waals surface area contributed by atoms with Crippen LogP contribution in [0.4, 0.5) is 13.2 Å². The first-order chi connectivity index (χ1) is 19.7. The SMILES string of the molecule is O=C1N(CBr)C(=O)[C@@]2(Cl)[C@@H](c3cc(OC(F)(F)F)ccc3O)C3=CCn4c(=O)n(-c5ccccc5)c(=O)n4[C@@H]3C[C@@]12Cl. The fourth-order valence-corrected chi connectivity index (χ4v) is 7.52. The first-order valence-electron chi connectivity index (χ1n) is 12.3. The number of para-hydroxylation sites is 1. The lowest BCUT2D eigenvalue weighted by Crippen LogP contribution is -2.59. The van der Waals surface area contributed by atoms with E-state index in [4.69, 9.17) is 23.2 Å². The smallest absolute Gasteiger partial charge is 0.508 e. The van der Waals surface area contributed by atoms with E-state index >= 15 is 0 Å². The van der Waals surface area contributed by atoms with Gasteiger partial charge in [0.25, 0.3) is 11.8 Å². The van der Waals surface area contributed by atoms with E-state index in [1.54, 1.807) is 30.3 Å². The van der Waals surface area contributed by atoms with Crippen LogP contribution in [-0.4, -0.2) is 57.3 Å². The molecular formula is C26H18BrCl2F3N4O6. The highest BCUT2D eigenvalue weighted by molar-refractivity contribution is 9.09. The number of ether oxygens (including phenoxy) is 1. The number of hydrogen-bond donors (Lipinski definition) is 1. The lowest BCUT2D eigenvalue weighted by molar-refractivity contribution is -0.274. The van der Waals surface area contributed by atoms with Crippen LogP contribution < -0.4 is 16.1 Å². The molecule has 3 aliphatic rings. The van der Waals surface area contributed by atoms with Gasteiger partial charge in [0.1, 0.15) is 11.5 Å². The van der Waals surface area contributed by atoms with Gasteiger partial charge in [0.2, 0.25) is 0 Å². The Morgan fingerprint density at radius 1 is 1.02 bits per heavy atom. The second-order valence-corrected chi connectivity index (χ2v) is 11.7. The third-order valence-electron chi connectivity index (χ3n) is 7.84. The maximum absolute atomic E-state index is 13.8. The summed E-state index contributed by atoms with van der Waals surface area (Å²) in [5.41, 5.74) is -1.60. The molecule has 0 spiro atoms. The number of rotatable bonds is 4. The summed E-state index contributed by atoms with van der Waals surface area (Å²) in [5.74, 6) is -4.69. The zero-order chi connectivity index (χ0) is 30.4. The summed E-state index contributed by atoms with van der Waals surface area (Å²) in [7, 11) is 0. The monoisotopic (exact) mass is 688 g/mol. The van der Waals surface area contributed by atoms with Gasteiger partial charge in [0.15, 0.2) is 9.75 Å². The van der Waals surface area contributed by atoms with Crippen molar-refractivity contribution in [1.29, 1.82) is 0 Å². The zero-order valence-electron chi connectivity index (χ0n) is 21.0. The van der Waals surface area contributed by atoms with Gasteiger partial charge in [-0.2, -0.15) is 0 Å². The topological polar surface area (TPSA) is 116 Å². The highest BCUT2D eigenvalue weighted by atomic mass is 79.9. The number of imide groups is 1. The van der Waals surface area contributed by atoms with Gasteiger partial charge in [-0.1, -0.05) is 40.2 Å². The van der Waals surface area contributed by atoms with Crippen LogP contribution in [0.5, 0.6) is 11.5 Å². The predicted octanol–water partition coefficient (Wildman–Crippen LogP) is 3.75. The van der Waals surface area contributed by atoms with Crippen LogP contribution >= 0.6 is 39.1 Å². The number of aromatic hydroxyl groups is 1. The minimum absolute atomic E-state index is 0.192. The molecule has 4 atom stereocenters. The van der Waals surface area contributed by atoms with Crippen molar-refractivity contribution >= 4 is 50.9 Å². The summed E-state index contributed by atoms with van der Waals surface area (Å²) in [6.07, 6.45) is -4.01. The maximum atomic E-state index is 13.8. The Kier molecular flexibility index (Phi) is 6.48. The minimum Gasteiger partial charge on any atom is -0.508 e. The molecule has 1 aromatic heterocycles. The normalized spacial score (nSPS) is 26.9. The molecule has 0 unspecified atom stereocenters. The average Bonchev–Trinajstić information content (AvgIpc) is 3.27. The molecule has 0 bridgehead atoms. The highest BCUT2D eigenvalue weighted by Gasteiger charge is 2.75. The number of nitrogens with zero attached hydrogens (tertiary/aromatic N) is 4. The number of alkyl halides is 6. The number of carbonyl (C=O) groups is 2. The van der Waals surface area contributed by atoms with Crippen molar-refractivity contribution < 1.29 is 32.6 Å². The number of halogens is 6. The number of allylic oxidation sites excluding steroid dienone is 2. The van der Waals surface area contributed by atoms with Crippen LogP contribution in [-0.2, 0) is 16.1 Å². The minimum atomic E-state index is -5.09. The third kappa shape index (κ3) is 3.84. The van der Waals surface area contributed by atoms with Crippen LogP contribution in [0.2, 0.25) is 0 Å². The van der Waals surface area contributed by atoms with E-state index < -0.39 is 69.2 Å². The molecule has 220 valence electrons. The Labute approximate surface area is 252 Å². The number of benzene rings is 2. The van der Waals surface area contributed by atoms with Crippen molar-refractivity contribution in [2.24, 2.45) is 0 Å². The standard InChI is InChI=1S/C26H18BrCl2F3N4O6/c27-12-33-20(38)24(28)11-17-15(8-9-34-22(40)35(23(41)36(17)34)13-4-2-1-3-5-13)19(25(24,29)21(33)39)16-10-14(6-7-18(16)37)42-26(30,31)32/h1-8,10,17,19,37H,9,11-12H2/t17-,19-,24-,25+/m1/s1.